The second-order valence-electron chi connectivity index (χ2n) is 5.76. The fourth-order valence-electron chi connectivity index (χ4n) is 2.31. The van der Waals surface area contributed by atoms with Crippen molar-refractivity contribution in [3.63, 3.8) is 0 Å². The van der Waals surface area contributed by atoms with Crippen LogP contribution in [0.3, 0.4) is 0 Å². The van der Waals surface area contributed by atoms with E-state index in [2.05, 4.69) is 16.9 Å². The average Bonchev–Trinajstić information content (AvgIpc) is 2.45. The summed E-state index contributed by atoms with van der Waals surface area (Å²) in [5.74, 6) is -0.874. The topological polar surface area (TPSA) is 78.4 Å². The largest absolute Gasteiger partial charge is 0.481 e. The van der Waals surface area contributed by atoms with Gasteiger partial charge in [0.1, 0.15) is 0 Å². The highest BCUT2D eigenvalue weighted by atomic mass is 32.2. The zero-order valence-electron chi connectivity index (χ0n) is 12.6. The summed E-state index contributed by atoms with van der Waals surface area (Å²) in [6, 6.07) is -0.0327. The van der Waals surface area contributed by atoms with Crippen molar-refractivity contribution in [1.82, 2.24) is 10.6 Å². The van der Waals surface area contributed by atoms with Crippen LogP contribution in [0, 0.1) is 5.41 Å². The van der Waals surface area contributed by atoms with E-state index in [-0.39, 0.29) is 18.6 Å². The van der Waals surface area contributed by atoms with Gasteiger partial charge in [-0.3, -0.25) is 4.79 Å². The first-order chi connectivity index (χ1) is 9.41. The molecule has 0 aromatic heterocycles. The molecular formula is C14H26N2O3S. The molecule has 1 saturated carbocycles. The van der Waals surface area contributed by atoms with Gasteiger partial charge < -0.3 is 15.7 Å². The molecule has 1 atom stereocenters. The Balaban J connectivity index is 2.32. The number of thioether (sulfide) groups is 1. The molecule has 0 radical (unpaired) electrons. The molecule has 5 nitrogen and oxygen atoms in total. The van der Waals surface area contributed by atoms with Gasteiger partial charge in [-0.05, 0) is 45.3 Å². The fourth-order valence-corrected chi connectivity index (χ4v) is 3.05. The summed E-state index contributed by atoms with van der Waals surface area (Å²) in [6.07, 6.45) is 6.89. The predicted octanol–water partition coefficient (Wildman–Crippen LogP) is 2.46. The Hall–Kier alpha value is -0.910. The lowest BCUT2D eigenvalue weighted by molar-refractivity contribution is -0.147. The Bertz CT molecular complexity index is 343. The van der Waals surface area contributed by atoms with Crippen molar-refractivity contribution in [3.05, 3.63) is 0 Å². The zero-order valence-corrected chi connectivity index (χ0v) is 13.4. The number of hydrogen-bond donors (Lipinski definition) is 3. The molecule has 0 saturated heterocycles. The van der Waals surface area contributed by atoms with Gasteiger partial charge in [0.2, 0.25) is 0 Å². The van der Waals surface area contributed by atoms with E-state index in [0.717, 1.165) is 25.7 Å². The monoisotopic (exact) mass is 302 g/mol. The third-order valence-corrected chi connectivity index (χ3v) is 5.42. The molecule has 1 fully saturated rings. The van der Waals surface area contributed by atoms with Crippen LogP contribution in [0.5, 0.6) is 0 Å². The maximum Gasteiger partial charge on any atom is 0.315 e. The van der Waals surface area contributed by atoms with Gasteiger partial charge in [-0.1, -0.05) is 6.92 Å². The van der Waals surface area contributed by atoms with Crippen molar-refractivity contribution in [2.75, 3.05) is 12.8 Å². The number of aliphatic carboxylic acids is 1. The smallest absolute Gasteiger partial charge is 0.315 e. The first-order valence-corrected chi connectivity index (χ1v) is 8.50. The zero-order chi connectivity index (χ0) is 15.2. The maximum absolute atomic E-state index is 11.8. The van der Waals surface area contributed by atoms with Crippen molar-refractivity contribution >= 4 is 23.8 Å². The summed E-state index contributed by atoms with van der Waals surface area (Å²) in [5.41, 5.74) is -0.895. The number of carbonyl (C=O) groups is 2. The van der Waals surface area contributed by atoms with Crippen molar-refractivity contribution in [3.8, 4) is 0 Å². The summed E-state index contributed by atoms with van der Waals surface area (Å²) in [7, 11) is 0. The van der Waals surface area contributed by atoms with Crippen molar-refractivity contribution < 1.29 is 14.7 Å². The van der Waals surface area contributed by atoms with Gasteiger partial charge in [0, 0.05) is 17.8 Å². The molecule has 0 aromatic rings. The third kappa shape index (κ3) is 4.89. The molecule has 116 valence electrons. The Kier molecular flexibility index (Phi) is 6.65. The van der Waals surface area contributed by atoms with Crippen LogP contribution < -0.4 is 10.6 Å². The standard InChI is InChI=1S/C14H26N2O3S/c1-4-14(2,12(17)18)9-15-13(19)16-10-5-7-11(20-3)8-6-10/h10-11H,4-9H2,1-3H3,(H,17,18)(H2,15,16,19). The predicted molar refractivity (Wildman–Crippen MR) is 82.1 cm³/mol. The van der Waals surface area contributed by atoms with E-state index in [1.54, 1.807) is 6.92 Å². The number of urea groups is 1. The molecule has 0 heterocycles. The van der Waals surface area contributed by atoms with E-state index in [1.807, 2.05) is 18.7 Å². The van der Waals surface area contributed by atoms with Crippen LogP contribution in [-0.4, -0.2) is 41.2 Å². The van der Waals surface area contributed by atoms with Crippen LogP contribution in [0.4, 0.5) is 4.79 Å². The van der Waals surface area contributed by atoms with E-state index in [0.29, 0.717) is 11.7 Å². The van der Waals surface area contributed by atoms with Crippen LogP contribution in [-0.2, 0) is 4.79 Å². The van der Waals surface area contributed by atoms with Crippen LogP contribution in [0.1, 0.15) is 46.0 Å². The molecule has 1 aliphatic rings. The Labute approximate surface area is 125 Å². The van der Waals surface area contributed by atoms with Crippen molar-refractivity contribution in [1.29, 1.82) is 0 Å². The Morgan fingerprint density at radius 3 is 2.35 bits per heavy atom. The number of carboxylic acids is 1. The van der Waals surface area contributed by atoms with E-state index in [1.165, 1.54) is 0 Å². The molecule has 0 bridgehead atoms. The van der Waals surface area contributed by atoms with E-state index in [4.69, 9.17) is 5.11 Å². The van der Waals surface area contributed by atoms with Gasteiger partial charge in [0.15, 0.2) is 0 Å². The number of carbonyl (C=O) groups excluding carboxylic acids is 1. The Morgan fingerprint density at radius 1 is 1.30 bits per heavy atom. The van der Waals surface area contributed by atoms with Crippen LogP contribution in [0.2, 0.25) is 0 Å². The van der Waals surface area contributed by atoms with Crippen molar-refractivity contribution in [2.45, 2.75) is 57.2 Å². The summed E-state index contributed by atoms with van der Waals surface area (Å²) in [4.78, 5) is 23.0. The molecule has 1 rings (SSSR count). The number of hydrogen-bond acceptors (Lipinski definition) is 3. The maximum atomic E-state index is 11.8. The van der Waals surface area contributed by atoms with Crippen LogP contribution >= 0.6 is 11.8 Å². The third-order valence-electron chi connectivity index (χ3n) is 4.28. The van der Waals surface area contributed by atoms with Crippen molar-refractivity contribution in [2.24, 2.45) is 5.41 Å². The summed E-state index contributed by atoms with van der Waals surface area (Å²) < 4.78 is 0. The normalized spacial score (nSPS) is 25.6. The van der Waals surface area contributed by atoms with Crippen LogP contribution in [0.15, 0.2) is 0 Å². The minimum absolute atomic E-state index is 0.158. The van der Waals surface area contributed by atoms with E-state index < -0.39 is 11.4 Å². The number of amides is 2. The number of carboxylic acid groups (broad SMARTS) is 1. The second-order valence-corrected chi connectivity index (χ2v) is 6.89. The molecule has 3 N–H and O–H groups in total. The number of rotatable bonds is 6. The molecule has 0 aliphatic heterocycles. The second kappa shape index (κ2) is 7.76. The highest BCUT2D eigenvalue weighted by Gasteiger charge is 2.31. The lowest BCUT2D eigenvalue weighted by atomic mass is 9.88. The van der Waals surface area contributed by atoms with Gasteiger partial charge in [0.05, 0.1) is 5.41 Å². The molecule has 2 amide bonds. The SMILES string of the molecule is CCC(C)(CNC(=O)NC1CCC(SC)CC1)C(=O)O. The lowest BCUT2D eigenvalue weighted by Gasteiger charge is -2.29. The van der Waals surface area contributed by atoms with Gasteiger partial charge in [-0.25, -0.2) is 4.79 Å². The highest BCUT2D eigenvalue weighted by Crippen LogP contribution is 2.26. The molecule has 1 aliphatic carbocycles. The summed E-state index contributed by atoms with van der Waals surface area (Å²) in [6.45, 7) is 3.63. The summed E-state index contributed by atoms with van der Waals surface area (Å²) in [5, 5.41) is 15.5. The number of nitrogens with one attached hydrogen (secondary N) is 2. The lowest BCUT2D eigenvalue weighted by Crippen LogP contribution is -2.48. The van der Waals surface area contributed by atoms with Crippen LogP contribution in [0.25, 0.3) is 0 Å². The minimum atomic E-state index is -0.895. The molecule has 0 aromatic carbocycles. The quantitative estimate of drug-likeness (QED) is 0.704. The van der Waals surface area contributed by atoms with Gasteiger partial charge in [-0.15, -0.1) is 0 Å². The van der Waals surface area contributed by atoms with Gasteiger partial charge >= 0.3 is 12.0 Å². The van der Waals surface area contributed by atoms with E-state index in [9.17, 15) is 9.59 Å². The van der Waals surface area contributed by atoms with Gasteiger partial charge in [-0.2, -0.15) is 11.8 Å². The average molecular weight is 302 g/mol. The minimum Gasteiger partial charge on any atom is -0.481 e. The molecular weight excluding hydrogens is 276 g/mol. The van der Waals surface area contributed by atoms with E-state index >= 15 is 0 Å². The molecule has 20 heavy (non-hydrogen) atoms. The fraction of sp³-hybridized carbons (Fsp3) is 0.857. The highest BCUT2D eigenvalue weighted by molar-refractivity contribution is 7.99. The molecule has 6 heteroatoms. The van der Waals surface area contributed by atoms with Gasteiger partial charge in [0.25, 0.3) is 0 Å². The molecule has 0 spiro atoms. The first kappa shape index (κ1) is 17.1. The first-order valence-electron chi connectivity index (χ1n) is 7.22. The molecule has 1 unspecified atom stereocenters. The summed E-state index contributed by atoms with van der Waals surface area (Å²) >= 11 is 1.89. The Morgan fingerprint density at radius 2 is 1.90 bits per heavy atom.